The van der Waals surface area contributed by atoms with Crippen LogP contribution in [0.4, 0.5) is 0 Å². The standard InChI is InChI=1S/C7H15N3O2S/c1-8-7(11)6(10-12-2)4-9-5-13-3/h5,7-8,11H,4H2,1-3H3/b9-5-,10-6-. The molecule has 0 amide bonds. The highest BCUT2D eigenvalue weighted by molar-refractivity contribution is 8.11. The molecule has 0 fully saturated rings. The molecule has 0 rings (SSSR count). The lowest BCUT2D eigenvalue weighted by Crippen LogP contribution is -2.35. The SMILES string of the molecule is CNC(O)/C(C/N=C\SC)=N\OC. The molecule has 76 valence electrons. The Morgan fingerprint density at radius 1 is 1.77 bits per heavy atom. The van der Waals surface area contributed by atoms with Gasteiger partial charge in [0.25, 0.3) is 0 Å². The predicted octanol–water partition coefficient (Wildman–Crippen LogP) is -0.0821. The Labute approximate surface area is 82.3 Å². The Balaban J connectivity index is 4.10. The Morgan fingerprint density at radius 3 is 2.92 bits per heavy atom. The van der Waals surface area contributed by atoms with Crippen molar-refractivity contribution in [3.63, 3.8) is 0 Å². The van der Waals surface area contributed by atoms with E-state index in [1.807, 2.05) is 6.26 Å². The lowest BCUT2D eigenvalue weighted by atomic mass is 10.3. The van der Waals surface area contributed by atoms with Crippen molar-refractivity contribution >= 4 is 23.0 Å². The van der Waals surface area contributed by atoms with Gasteiger partial charge in [0.1, 0.15) is 19.0 Å². The summed E-state index contributed by atoms with van der Waals surface area (Å²) in [5.74, 6) is 0. The number of hydrogen-bond donors (Lipinski definition) is 2. The van der Waals surface area contributed by atoms with Crippen molar-refractivity contribution < 1.29 is 9.94 Å². The van der Waals surface area contributed by atoms with Gasteiger partial charge in [-0.1, -0.05) is 5.16 Å². The molecule has 0 aliphatic rings. The molecular formula is C7H15N3O2S. The first kappa shape index (κ1) is 12.4. The molecule has 0 saturated carbocycles. The molecule has 13 heavy (non-hydrogen) atoms. The van der Waals surface area contributed by atoms with Gasteiger partial charge in [-0.15, -0.1) is 11.8 Å². The molecule has 2 N–H and O–H groups in total. The number of aliphatic hydroxyl groups excluding tert-OH is 1. The van der Waals surface area contributed by atoms with E-state index in [0.717, 1.165) is 0 Å². The van der Waals surface area contributed by atoms with Gasteiger partial charge in [0.15, 0.2) is 0 Å². The van der Waals surface area contributed by atoms with E-state index in [4.69, 9.17) is 0 Å². The van der Waals surface area contributed by atoms with Gasteiger partial charge >= 0.3 is 0 Å². The summed E-state index contributed by atoms with van der Waals surface area (Å²) in [6.45, 7) is 0.330. The Morgan fingerprint density at radius 2 is 2.46 bits per heavy atom. The summed E-state index contributed by atoms with van der Waals surface area (Å²) in [6, 6.07) is 0. The first-order chi connectivity index (χ1) is 6.26. The summed E-state index contributed by atoms with van der Waals surface area (Å²) < 4.78 is 0. The molecule has 1 unspecified atom stereocenters. The van der Waals surface area contributed by atoms with Gasteiger partial charge in [-0.3, -0.25) is 10.3 Å². The van der Waals surface area contributed by atoms with E-state index in [1.54, 1.807) is 12.6 Å². The highest BCUT2D eigenvalue weighted by Crippen LogP contribution is 1.90. The van der Waals surface area contributed by atoms with Crippen molar-refractivity contribution in [3.05, 3.63) is 0 Å². The van der Waals surface area contributed by atoms with Crippen LogP contribution in [0.3, 0.4) is 0 Å². The Bertz CT molecular complexity index is 185. The van der Waals surface area contributed by atoms with Crippen LogP contribution in [0.25, 0.3) is 0 Å². The van der Waals surface area contributed by atoms with Crippen LogP contribution in [0.5, 0.6) is 0 Å². The Kier molecular flexibility index (Phi) is 7.66. The minimum Gasteiger partial charge on any atom is -0.399 e. The summed E-state index contributed by atoms with van der Waals surface area (Å²) in [5, 5.41) is 15.6. The fourth-order valence-corrected chi connectivity index (χ4v) is 0.878. The fourth-order valence-electron chi connectivity index (χ4n) is 0.654. The zero-order valence-electron chi connectivity index (χ0n) is 8.02. The zero-order valence-corrected chi connectivity index (χ0v) is 8.84. The molecule has 0 bridgehead atoms. The second kappa shape index (κ2) is 8.03. The first-order valence-corrected chi connectivity index (χ1v) is 5.01. The van der Waals surface area contributed by atoms with Crippen molar-refractivity contribution in [1.29, 1.82) is 0 Å². The minimum atomic E-state index is -0.807. The number of hydrogen-bond acceptors (Lipinski definition) is 6. The molecule has 0 saturated heterocycles. The third-order valence-electron chi connectivity index (χ3n) is 1.23. The number of aliphatic hydroxyl groups is 1. The molecule has 0 radical (unpaired) electrons. The van der Waals surface area contributed by atoms with Crippen molar-refractivity contribution in [3.8, 4) is 0 Å². The maximum atomic E-state index is 9.35. The molecule has 0 heterocycles. The fraction of sp³-hybridized carbons (Fsp3) is 0.714. The first-order valence-electron chi connectivity index (χ1n) is 3.72. The average molecular weight is 205 g/mol. The summed E-state index contributed by atoms with van der Waals surface area (Å²) in [5.41, 5.74) is 2.14. The van der Waals surface area contributed by atoms with Crippen LogP contribution in [0.2, 0.25) is 0 Å². The van der Waals surface area contributed by atoms with Crippen molar-refractivity contribution in [2.24, 2.45) is 10.1 Å². The minimum absolute atomic E-state index is 0.330. The number of nitrogens with zero attached hydrogens (tertiary/aromatic N) is 2. The lowest BCUT2D eigenvalue weighted by Gasteiger charge is -2.09. The smallest absolute Gasteiger partial charge is 0.149 e. The van der Waals surface area contributed by atoms with Gasteiger partial charge in [0.05, 0.1) is 12.1 Å². The van der Waals surface area contributed by atoms with E-state index in [-0.39, 0.29) is 0 Å². The van der Waals surface area contributed by atoms with Crippen molar-refractivity contribution in [2.75, 3.05) is 27.0 Å². The van der Waals surface area contributed by atoms with Crippen LogP contribution in [0, 0.1) is 0 Å². The molecule has 0 aliphatic heterocycles. The van der Waals surface area contributed by atoms with Crippen LogP contribution < -0.4 is 5.32 Å². The average Bonchev–Trinajstić information content (AvgIpc) is 2.16. The molecule has 0 spiro atoms. The molecule has 0 aromatic carbocycles. The van der Waals surface area contributed by atoms with Gasteiger partial charge in [0, 0.05) is 0 Å². The van der Waals surface area contributed by atoms with Gasteiger partial charge in [-0.25, -0.2) is 0 Å². The van der Waals surface area contributed by atoms with Crippen molar-refractivity contribution in [1.82, 2.24) is 5.32 Å². The van der Waals surface area contributed by atoms with Crippen LogP contribution in [0.15, 0.2) is 10.1 Å². The number of thioether (sulfide) groups is 1. The quantitative estimate of drug-likeness (QED) is 0.275. The molecule has 6 heteroatoms. The van der Waals surface area contributed by atoms with Crippen molar-refractivity contribution in [2.45, 2.75) is 6.23 Å². The van der Waals surface area contributed by atoms with E-state index in [2.05, 4.69) is 20.3 Å². The number of aliphatic imine (C=N–C) groups is 1. The normalized spacial score (nSPS) is 14.9. The molecular weight excluding hydrogens is 190 g/mol. The molecule has 0 aromatic rings. The van der Waals surface area contributed by atoms with Gasteiger partial charge in [0.2, 0.25) is 0 Å². The van der Waals surface area contributed by atoms with E-state index in [9.17, 15) is 5.11 Å². The predicted molar refractivity (Wildman–Crippen MR) is 56.4 cm³/mol. The van der Waals surface area contributed by atoms with Crippen LogP contribution in [-0.4, -0.2) is 49.6 Å². The summed E-state index contributed by atoms with van der Waals surface area (Å²) in [4.78, 5) is 8.57. The second-order valence-electron chi connectivity index (χ2n) is 2.14. The van der Waals surface area contributed by atoms with Gasteiger partial charge in [-0.2, -0.15) is 0 Å². The van der Waals surface area contributed by atoms with E-state index >= 15 is 0 Å². The number of nitrogens with one attached hydrogen (secondary N) is 1. The summed E-state index contributed by atoms with van der Waals surface area (Å²) in [7, 11) is 3.06. The molecule has 5 nitrogen and oxygen atoms in total. The van der Waals surface area contributed by atoms with Crippen LogP contribution in [0.1, 0.15) is 0 Å². The lowest BCUT2D eigenvalue weighted by molar-refractivity contribution is 0.182. The highest BCUT2D eigenvalue weighted by Gasteiger charge is 2.09. The maximum absolute atomic E-state index is 9.35. The number of rotatable bonds is 6. The Hall–Kier alpha value is -0.590. The van der Waals surface area contributed by atoms with Crippen LogP contribution in [-0.2, 0) is 4.84 Å². The molecule has 0 aliphatic carbocycles. The third-order valence-corrected chi connectivity index (χ3v) is 1.59. The number of oxime groups is 1. The van der Waals surface area contributed by atoms with Crippen LogP contribution >= 0.6 is 11.8 Å². The monoisotopic (exact) mass is 205 g/mol. The summed E-state index contributed by atoms with van der Waals surface area (Å²) >= 11 is 1.49. The van der Waals surface area contributed by atoms with E-state index in [1.165, 1.54) is 18.9 Å². The van der Waals surface area contributed by atoms with E-state index < -0.39 is 6.23 Å². The topological polar surface area (TPSA) is 66.2 Å². The van der Waals surface area contributed by atoms with Gasteiger partial charge < -0.3 is 9.94 Å². The zero-order chi connectivity index (χ0) is 10.1. The maximum Gasteiger partial charge on any atom is 0.149 e. The van der Waals surface area contributed by atoms with E-state index in [0.29, 0.717) is 12.3 Å². The largest absolute Gasteiger partial charge is 0.399 e. The third kappa shape index (κ3) is 5.62. The highest BCUT2D eigenvalue weighted by atomic mass is 32.2. The molecule has 1 atom stereocenters. The van der Waals surface area contributed by atoms with Gasteiger partial charge in [-0.05, 0) is 13.3 Å². The second-order valence-corrected chi connectivity index (χ2v) is 2.82. The molecule has 0 aromatic heterocycles. The summed E-state index contributed by atoms with van der Waals surface area (Å²) in [6.07, 6.45) is 1.10.